The van der Waals surface area contributed by atoms with Gasteiger partial charge in [-0.25, -0.2) is 0 Å². The summed E-state index contributed by atoms with van der Waals surface area (Å²) in [6.07, 6.45) is 2.08. The number of carbonyl (C=O) groups excluding carboxylic acids is 2. The third kappa shape index (κ3) is 2.83. The van der Waals surface area contributed by atoms with Crippen molar-refractivity contribution in [2.45, 2.75) is 45.2 Å². The highest BCUT2D eigenvalue weighted by Crippen LogP contribution is 2.24. The van der Waals surface area contributed by atoms with Crippen molar-refractivity contribution in [3.63, 3.8) is 0 Å². The molecule has 2 heterocycles. The van der Waals surface area contributed by atoms with Gasteiger partial charge >= 0.3 is 5.97 Å². The van der Waals surface area contributed by atoms with Crippen molar-refractivity contribution in [1.82, 2.24) is 9.80 Å². The molecule has 0 aliphatic carbocycles. The van der Waals surface area contributed by atoms with Crippen LogP contribution in [0.4, 0.5) is 0 Å². The second-order valence-corrected chi connectivity index (χ2v) is 5.13. The zero-order chi connectivity index (χ0) is 13.1. The number of nitrogens with zero attached hydrogens (tertiary/aromatic N) is 2. The molecule has 2 atom stereocenters. The molecular formula is C13H22N2O3. The van der Waals surface area contributed by atoms with Crippen molar-refractivity contribution >= 4 is 11.9 Å². The van der Waals surface area contributed by atoms with Crippen molar-refractivity contribution in [2.75, 3.05) is 26.2 Å². The van der Waals surface area contributed by atoms with E-state index in [1.807, 2.05) is 11.8 Å². The van der Waals surface area contributed by atoms with Gasteiger partial charge in [-0.2, -0.15) is 0 Å². The van der Waals surface area contributed by atoms with Gasteiger partial charge in [-0.3, -0.25) is 14.5 Å². The Morgan fingerprint density at radius 2 is 2.28 bits per heavy atom. The third-order valence-corrected chi connectivity index (χ3v) is 3.92. The number of hydrogen-bond donors (Lipinski definition) is 0. The van der Waals surface area contributed by atoms with Crippen molar-refractivity contribution in [1.29, 1.82) is 0 Å². The smallest absolute Gasteiger partial charge is 0.307 e. The van der Waals surface area contributed by atoms with E-state index in [2.05, 4.69) is 11.8 Å². The van der Waals surface area contributed by atoms with Gasteiger partial charge < -0.3 is 9.64 Å². The first-order valence-corrected chi connectivity index (χ1v) is 6.81. The summed E-state index contributed by atoms with van der Waals surface area (Å²) in [6, 6.07) is 0.554. The van der Waals surface area contributed by atoms with Crippen LogP contribution in [0.3, 0.4) is 0 Å². The first-order chi connectivity index (χ1) is 8.61. The number of piperazine rings is 1. The Labute approximate surface area is 108 Å². The number of rotatable bonds is 4. The van der Waals surface area contributed by atoms with Crippen LogP contribution < -0.4 is 0 Å². The molecule has 102 valence electrons. The molecule has 2 fully saturated rings. The van der Waals surface area contributed by atoms with Gasteiger partial charge in [0.05, 0.1) is 13.0 Å². The summed E-state index contributed by atoms with van der Waals surface area (Å²) in [6.45, 7) is 6.89. The van der Waals surface area contributed by atoms with E-state index in [0.29, 0.717) is 25.5 Å². The SMILES string of the molecule is CCOC(=O)CC(C)N1CCN2C(=O)CCC2C1. The Kier molecular flexibility index (Phi) is 4.22. The summed E-state index contributed by atoms with van der Waals surface area (Å²) in [4.78, 5) is 27.3. The van der Waals surface area contributed by atoms with E-state index in [1.165, 1.54) is 0 Å². The molecule has 0 aromatic carbocycles. The van der Waals surface area contributed by atoms with E-state index in [0.717, 1.165) is 26.1 Å². The normalized spacial score (nSPS) is 26.0. The van der Waals surface area contributed by atoms with Crippen LogP contribution in [0, 0.1) is 0 Å². The standard InChI is InChI=1S/C13H22N2O3/c1-3-18-13(17)8-10(2)14-6-7-15-11(9-14)4-5-12(15)16/h10-11H,3-9H2,1-2H3. The van der Waals surface area contributed by atoms with E-state index in [4.69, 9.17) is 4.74 Å². The van der Waals surface area contributed by atoms with Crippen molar-refractivity contribution < 1.29 is 14.3 Å². The lowest BCUT2D eigenvalue weighted by atomic mass is 10.1. The molecule has 0 aromatic heterocycles. The second-order valence-electron chi connectivity index (χ2n) is 5.13. The zero-order valence-corrected chi connectivity index (χ0v) is 11.2. The molecule has 0 radical (unpaired) electrons. The third-order valence-electron chi connectivity index (χ3n) is 3.92. The maximum atomic E-state index is 11.6. The highest BCUT2D eigenvalue weighted by Gasteiger charge is 2.36. The summed E-state index contributed by atoms with van der Waals surface area (Å²) in [5.41, 5.74) is 0. The Hall–Kier alpha value is -1.10. The van der Waals surface area contributed by atoms with Gasteiger partial charge in [0.2, 0.25) is 5.91 Å². The number of ether oxygens (including phenoxy) is 1. The Morgan fingerprint density at radius 3 is 3.00 bits per heavy atom. The van der Waals surface area contributed by atoms with Crippen LogP contribution in [0.5, 0.6) is 0 Å². The molecule has 0 spiro atoms. The minimum absolute atomic E-state index is 0.130. The predicted molar refractivity (Wildman–Crippen MR) is 67.0 cm³/mol. The van der Waals surface area contributed by atoms with E-state index >= 15 is 0 Å². The highest BCUT2D eigenvalue weighted by molar-refractivity contribution is 5.79. The van der Waals surface area contributed by atoms with Crippen LogP contribution >= 0.6 is 0 Å². The summed E-state index contributed by atoms with van der Waals surface area (Å²) >= 11 is 0. The van der Waals surface area contributed by atoms with Gasteiger partial charge in [0.15, 0.2) is 0 Å². The molecule has 0 bridgehead atoms. The van der Waals surface area contributed by atoms with Crippen LogP contribution in [0.25, 0.3) is 0 Å². The minimum atomic E-state index is -0.130. The molecule has 2 saturated heterocycles. The Morgan fingerprint density at radius 1 is 1.50 bits per heavy atom. The summed E-state index contributed by atoms with van der Waals surface area (Å²) < 4.78 is 4.98. The van der Waals surface area contributed by atoms with Crippen LogP contribution in [0.2, 0.25) is 0 Å². The second kappa shape index (κ2) is 5.69. The van der Waals surface area contributed by atoms with E-state index in [1.54, 1.807) is 0 Å². The summed E-state index contributed by atoms with van der Waals surface area (Å²) in [7, 11) is 0. The van der Waals surface area contributed by atoms with Crippen LogP contribution in [-0.4, -0.2) is 60.0 Å². The first kappa shape index (κ1) is 13.3. The van der Waals surface area contributed by atoms with E-state index < -0.39 is 0 Å². The fourth-order valence-corrected chi connectivity index (χ4v) is 2.88. The topological polar surface area (TPSA) is 49.9 Å². The fourth-order valence-electron chi connectivity index (χ4n) is 2.88. The monoisotopic (exact) mass is 254 g/mol. The van der Waals surface area contributed by atoms with Crippen molar-refractivity contribution in [3.8, 4) is 0 Å². The van der Waals surface area contributed by atoms with Gasteiger partial charge in [-0.1, -0.05) is 0 Å². The number of fused-ring (bicyclic) bond motifs is 1. The average molecular weight is 254 g/mol. The molecule has 2 aliphatic rings. The number of hydrogen-bond acceptors (Lipinski definition) is 4. The average Bonchev–Trinajstić information content (AvgIpc) is 2.71. The molecule has 2 aliphatic heterocycles. The lowest BCUT2D eigenvalue weighted by molar-refractivity contribution is -0.145. The quantitative estimate of drug-likeness (QED) is 0.691. The molecule has 0 saturated carbocycles. The molecule has 5 nitrogen and oxygen atoms in total. The van der Waals surface area contributed by atoms with E-state index in [-0.39, 0.29) is 17.9 Å². The van der Waals surface area contributed by atoms with Gasteiger partial charge in [-0.05, 0) is 20.3 Å². The Bertz CT molecular complexity index is 332. The summed E-state index contributed by atoms with van der Waals surface area (Å²) in [5, 5.41) is 0. The van der Waals surface area contributed by atoms with Crippen molar-refractivity contribution in [2.24, 2.45) is 0 Å². The van der Waals surface area contributed by atoms with Crippen LogP contribution in [0.15, 0.2) is 0 Å². The van der Waals surface area contributed by atoms with Crippen LogP contribution in [-0.2, 0) is 14.3 Å². The molecule has 0 N–H and O–H groups in total. The van der Waals surface area contributed by atoms with Gasteiger partial charge in [0.25, 0.3) is 0 Å². The molecule has 5 heteroatoms. The summed E-state index contributed by atoms with van der Waals surface area (Å²) in [5.74, 6) is 0.160. The number of esters is 1. The Balaban J connectivity index is 1.84. The molecule has 18 heavy (non-hydrogen) atoms. The zero-order valence-electron chi connectivity index (χ0n) is 11.2. The molecule has 1 amide bonds. The van der Waals surface area contributed by atoms with Gasteiger partial charge in [0.1, 0.15) is 0 Å². The van der Waals surface area contributed by atoms with Crippen LogP contribution in [0.1, 0.15) is 33.1 Å². The fraction of sp³-hybridized carbons (Fsp3) is 0.846. The first-order valence-electron chi connectivity index (χ1n) is 6.81. The largest absolute Gasteiger partial charge is 0.466 e. The highest BCUT2D eigenvalue weighted by atomic mass is 16.5. The predicted octanol–water partition coefficient (Wildman–Crippen LogP) is 0.635. The minimum Gasteiger partial charge on any atom is -0.466 e. The lowest BCUT2D eigenvalue weighted by Gasteiger charge is -2.40. The molecular weight excluding hydrogens is 232 g/mol. The van der Waals surface area contributed by atoms with Crippen molar-refractivity contribution in [3.05, 3.63) is 0 Å². The number of carbonyl (C=O) groups is 2. The number of amides is 1. The maximum Gasteiger partial charge on any atom is 0.307 e. The lowest BCUT2D eigenvalue weighted by Crippen LogP contribution is -2.54. The van der Waals surface area contributed by atoms with Gasteiger partial charge in [0, 0.05) is 38.1 Å². The van der Waals surface area contributed by atoms with E-state index in [9.17, 15) is 9.59 Å². The maximum absolute atomic E-state index is 11.6. The molecule has 0 aromatic rings. The molecule has 2 unspecified atom stereocenters. The molecule has 2 rings (SSSR count). The van der Waals surface area contributed by atoms with Gasteiger partial charge in [-0.15, -0.1) is 0 Å².